The second-order valence-electron chi connectivity index (χ2n) is 8.49. The summed E-state index contributed by atoms with van der Waals surface area (Å²) in [7, 11) is 0. The number of carbonyl (C=O) groups is 3. The van der Waals surface area contributed by atoms with Crippen molar-refractivity contribution in [2.75, 3.05) is 6.54 Å². The molecule has 36 heavy (non-hydrogen) atoms. The highest BCUT2D eigenvalue weighted by Crippen LogP contribution is 2.27. The Bertz CT molecular complexity index is 1570. The Kier molecular flexibility index (Phi) is 5.85. The number of ether oxygens (including phenoxy) is 2. The van der Waals surface area contributed by atoms with Crippen LogP contribution in [0.3, 0.4) is 0 Å². The molecule has 0 bridgehead atoms. The molecule has 0 N–H and O–H groups in total. The second-order valence-corrected chi connectivity index (χ2v) is 8.49. The van der Waals surface area contributed by atoms with Gasteiger partial charge in [0.1, 0.15) is 23.3 Å². The van der Waals surface area contributed by atoms with Gasteiger partial charge in [0.2, 0.25) is 11.2 Å². The number of hydrogen-bond acceptors (Lipinski definition) is 7. The van der Waals surface area contributed by atoms with Gasteiger partial charge < -0.3 is 13.9 Å². The number of amides is 2. The third-order valence-electron chi connectivity index (χ3n) is 5.93. The van der Waals surface area contributed by atoms with Gasteiger partial charge in [-0.3, -0.25) is 24.1 Å². The third-order valence-corrected chi connectivity index (χ3v) is 5.93. The van der Waals surface area contributed by atoms with E-state index in [9.17, 15) is 19.2 Å². The van der Waals surface area contributed by atoms with Gasteiger partial charge in [-0.2, -0.15) is 0 Å². The molecule has 8 heteroatoms. The number of hydrogen-bond donors (Lipinski definition) is 0. The molecule has 8 nitrogen and oxygen atoms in total. The van der Waals surface area contributed by atoms with Crippen molar-refractivity contribution in [3.63, 3.8) is 0 Å². The molecule has 0 unspecified atom stereocenters. The maximum atomic E-state index is 12.9. The van der Waals surface area contributed by atoms with Crippen molar-refractivity contribution in [1.82, 2.24) is 4.90 Å². The van der Waals surface area contributed by atoms with Gasteiger partial charge in [-0.1, -0.05) is 24.3 Å². The number of fused-ring (bicyclic) bond motifs is 2. The van der Waals surface area contributed by atoms with Gasteiger partial charge in [-0.25, -0.2) is 0 Å². The molecule has 180 valence electrons. The van der Waals surface area contributed by atoms with Crippen molar-refractivity contribution in [1.29, 1.82) is 0 Å². The van der Waals surface area contributed by atoms with Crippen LogP contribution in [0.1, 0.15) is 38.3 Å². The average Bonchev–Trinajstić information content (AvgIpc) is 3.11. The van der Waals surface area contributed by atoms with Crippen molar-refractivity contribution < 1.29 is 28.3 Å². The fourth-order valence-corrected chi connectivity index (χ4v) is 3.99. The second kappa shape index (κ2) is 9.14. The lowest BCUT2D eigenvalue weighted by Crippen LogP contribution is -2.32. The van der Waals surface area contributed by atoms with Crippen molar-refractivity contribution >= 4 is 28.8 Å². The lowest BCUT2D eigenvalue weighted by molar-refractivity contribution is -0.134. The maximum Gasteiger partial charge on any atom is 0.313 e. The smallest absolute Gasteiger partial charge is 0.313 e. The Morgan fingerprint density at radius 1 is 0.889 bits per heavy atom. The molecule has 3 aromatic carbocycles. The monoisotopic (exact) mass is 483 g/mol. The molecule has 0 aliphatic carbocycles. The van der Waals surface area contributed by atoms with Gasteiger partial charge in [0.25, 0.3) is 11.8 Å². The van der Waals surface area contributed by atoms with Crippen molar-refractivity contribution in [2.45, 2.75) is 20.3 Å². The molecule has 4 aromatic rings. The van der Waals surface area contributed by atoms with E-state index in [4.69, 9.17) is 13.9 Å². The summed E-state index contributed by atoms with van der Waals surface area (Å²) in [4.78, 5) is 51.2. The molecule has 0 fully saturated rings. The van der Waals surface area contributed by atoms with Crippen LogP contribution in [0.25, 0.3) is 11.0 Å². The van der Waals surface area contributed by atoms with E-state index in [2.05, 4.69) is 0 Å². The summed E-state index contributed by atoms with van der Waals surface area (Å²) in [5.74, 6) is -0.735. The van der Waals surface area contributed by atoms with Gasteiger partial charge in [0.15, 0.2) is 0 Å². The zero-order valence-electron chi connectivity index (χ0n) is 19.6. The van der Waals surface area contributed by atoms with Crippen LogP contribution in [0.15, 0.2) is 76.1 Å². The van der Waals surface area contributed by atoms with Crippen LogP contribution in [0.2, 0.25) is 0 Å². The van der Waals surface area contributed by atoms with Crippen LogP contribution in [-0.2, 0) is 4.79 Å². The molecule has 2 amide bonds. The fraction of sp³-hybridized carbons (Fsp3) is 0.143. The number of carbonyl (C=O) groups excluding carboxylic acids is 3. The molecule has 1 aliphatic rings. The summed E-state index contributed by atoms with van der Waals surface area (Å²) in [6.07, 6.45) is 1.04. The standard InChI is InChI=1S/C28H21NO7/c1-16-7-8-17(2)22(13-16)36-24-15-34-23-14-18(9-10-21(23)26(24)31)35-25(30)11-12-29-27(32)19-5-3-4-6-20(19)28(29)33/h3-10,13-15H,11-12H2,1-2H3. The number of nitrogens with zero attached hydrogens (tertiary/aromatic N) is 1. The normalized spacial score (nSPS) is 12.7. The molecule has 0 radical (unpaired) electrons. The predicted octanol–water partition coefficient (Wildman–Crippen LogP) is 4.79. The van der Waals surface area contributed by atoms with Crippen LogP contribution in [0.4, 0.5) is 0 Å². The van der Waals surface area contributed by atoms with Gasteiger partial charge in [0.05, 0.1) is 22.9 Å². The SMILES string of the molecule is Cc1ccc(C)c(Oc2coc3cc(OC(=O)CCN4C(=O)c5ccccc5C4=O)ccc3c2=O)c1. The Balaban J connectivity index is 1.27. The van der Waals surface area contributed by atoms with Crippen molar-refractivity contribution in [3.8, 4) is 17.2 Å². The molecular formula is C28H21NO7. The van der Waals surface area contributed by atoms with E-state index >= 15 is 0 Å². The van der Waals surface area contributed by atoms with E-state index in [1.165, 1.54) is 24.5 Å². The zero-order valence-corrected chi connectivity index (χ0v) is 19.6. The van der Waals surface area contributed by atoms with Crippen LogP contribution in [-0.4, -0.2) is 29.2 Å². The summed E-state index contributed by atoms with van der Waals surface area (Å²) in [6.45, 7) is 3.71. The largest absolute Gasteiger partial charge is 0.460 e. The number of aryl methyl sites for hydroxylation is 2. The third kappa shape index (κ3) is 4.24. The first-order valence-electron chi connectivity index (χ1n) is 11.3. The number of benzene rings is 3. The molecule has 1 aliphatic heterocycles. The molecule has 0 saturated heterocycles. The van der Waals surface area contributed by atoms with Crippen LogP contribution < -0.4 is 14.9 Å². The number of rotatable bonds is 6. The molecule has 0 spiro atoms. The van der Waals surface area contributed by atoms with Crippen molar-refractivity contribution in [3.05, 3.63) is 99.4 Å². The number of esters is 1. The summed E-state index contributed by atoms with van der Waals surface area (Å²) >= 11 is 0. The topological polar surface area (TPSA) is 103 Å². The Morgan fingerprint density at radius 2 is 1.61 bits per heavy atom. The lowest BCUT2D eigenvalue weighted by atomic mass is 10.1. The highest BCUT2D eigenvalue weighted by atomic mass is 16.5. The molecular weight excluding hydrogens is 462 g/mol. The Morgan fingerprint density at radius 3 is 2.33 bits per heavy atom. The van der Waals surface area contributed by atoms with E-state index in [-0.39, 0.29) is 40.9 Å². The first-order valence-corrected chi connectivity index (χ1v) is 11.3. The lowest BCUT2D eigenvalue weighted by Gasteiger charge is -2.13. The minimum atomic E-state index is -0.636. The van der Waals surface area contributed by atoms with E-state index in [1.54, 1.807) is 24.3 Å². The minimum absolute atomic E-state index is 0.0434. The molecule has 2 heterocycles. The number of imide groups is 1. The highest BCUT2D eigenvalue weighted by molar-refractivity contribution is 6.21. The van der Waals surface area contributed by atoms with Gasteiger partial charge >= 0.3 is 5.97 Å². The first-order chi connectivity index (χ1) is 17.3. The Labute approximate surface area is 205 Å². The van der Waals surface area contributed by atoms with E-state index < -0.39 is 17.8 Å². The first kappa shape index (κ1) is 23.0. The molecule has 5 rings (SSSR count). The minimum Gasteiger partial charge on any atom is -0.460 e. The molecule has 0 saturated carbocycles. The van der Waals surface area contributed by atoms with Crippen LogP contribution in [0, 0.1) is 13.8 Å². The van der Waals surface area contributed by atoms with Gasteiger partial charge in [0, 0.05) is 12.6 Å². The van der Waals surface area contributed by atoms with Crippen LogP contribution in [0.5, 0.6) is 17.2 Å². The summed E-state index contributed by atoms with van der Waals surface area (Å²) in [6, 6.07) is 16.6. The van der Waals surface area contributed by atoms with Gasteiger partial charge in [-0.05, 0) is 55.3 Å². The van der Waals surface area contributed by atoms with E-state index in [0.717, 1.165) is 16.0 Å². The molecule has 0 atom stereocenters. The fourth-order valence-electron chi connectivity index (χ4n) is 3.99. The molecule has 1 aromatic heterocycles. The van der Waals surface area contributed by atoms with Gasteiger partial charge in [-0.15, -0.1) is 0 Å². The highest BCUT2D eigenvalue weighted by Gasteiger charge is 2.35. The summed E-state index contributed by atoms with van der Waals surface area (Å²) in [5, 5.41) is 0.267. The summed E-state index contributed by atoms with van der Waals surface area (Å²) < 4.78 is 16.7. The predicted molar refractivity (Wildman–Crippen MR) is 131 cm³/mol. The van der Waals surface area contributed by atoms with E-state index in [0.29, 0.717) is 16.9 Å². The van der Waals surface area contributed by atoms with E-state index in [1.807, 2.05) is 32.0 Å². The quantitative estimate of drug-likeness (QED) is 0.221. The summed E-state index contributed by atoms with van der Waals surface area (Å²) in [5.41, 5.74) is 2.38. The average molecular weight is 483 g/mol. The van der Waals surface area contributed by atoms with Crippen molar-refractivity contribution in [2.24, 2.45) is 0 Å². The Hall–Kier alpha value is -4.72. The van der Waals surface area contributed by atoms with Crippen LogP contribution >= 0.6 is 0 Å². The zero-order chi connectivity index (χ0) is 25.4. The maximum absolute atomic E-state index is 12.9.